The van der Waals surface area contributed by atoms with E-state index in [0.29, 0.717) is 17.1 Å². The molecule has 1 amide bonds. The summed E-state index contributed by atoms with van der Waals surface area (Å²) in [4.78, 5) is 12.1. The summed E-state index contributed by atoms with van der Waals surface area (Å²) in [6.45, 7) is 0. The Kier molecular flexibility index (Phi) is 4.26. The lowest BCUT2D eigenvalue weighted by molar-refractivity contribution is 0.102. The van der Waals surface area contributed by atoms with Crippen LogP contribution in [0.25, 0.3) is 0 Å². The number of methoxy groups -OCH3 is 1. The van der Waals surface area contributed by atoms with E-state index in [2.05, 4.69) is 15.5 Å². The van der Waals surface area contributed by atoms with E-state index in [1.165, 1.54) is 13.2 Å². The van der Waals surface area contributed by atoms with Crippen molar-refractivity contribution in [2.24, 2.45) is 0 Å². The summed E-state index contributed by atoms with van der Waals surface area (Å²) in [5, 5.41) is 9.74. The van der Waals surface area contributed by atoms with Gasteiger partial charge in [0.2, 0.25) is 0 Å². The summed E-state index contributed by atoms with van der Waals surface area (Å²) in [5.41, 5.74) is 6.72. The van der Waals surface area contributed by atoms with Crippen molar-refractivity contribution < 1.29 is 9.53 Å². The fourth-order valence-electron chi connectivity index (χ4n) is 1.48. The molecular formula is C12H10Cl2N4O2. The van der Waals surface area contributed by atoms with Gasteiger partial charge in [-0.15, -0.1) is 10.2 Å². The predicted molar refractivity (Wildman–Crippen MR) is 77.4 cm³/mol. The van der Waals surface area contributed by atoms with Crippen molar-refractivity contribution in [2.45, 2.75) is 0 Å². The molecule has 20 heavy (non-hydrogen) atoms. The number of nitrogen functional groups attached to an aromatic ring is 1. The summed E-state index contributed by atoms with van der Waals surface area (Å²) in [7, 11) is 1.53. The quantitative estimate of drug-likeness (QED) is 0.850. The molecule has 1 aromatic heterocycles. The van der Waals surface area contributed by atoms with Gasteiger partial charge in [-0.1, -0.05) is 23.2 Å². The Morgan fingerprint density at radius 2 is 2.05 bits per heavy atom. The average molecular weight is 313 g/mol. The van der Waals surface area contributed by atoms with Gasteiger partial charge in [0.15, 0.2) is 10.3 Å². The molecule has 104 valence electrons. The molecule has 8 heteroatoms. The molecule has 6 nitrogen and oxygen atoms in total. The maximum atomic E-state index is 12.1. The van der Waals surface area contributed by atoms with Crippen LogP contribution >= 0.6 is 23.2 Å². The van der Waals surface area contributed by atoms with Crippen LogP contribution < -0.4 is 15.8 Å². The molecule has 0 fully saturated rings. The number of nitrogens with zero attached hydrogens (tertiary/aromatic N) is 2. The maximum Gasteiger partial charge on any atom is 0.259 e. The van der Waals surface area contributed by atoms with Crippen molar-refractivity contribution in [3.63, 3.8) is 0 Å². The van der Waals surface area contributed by atoms with Gasteiger partial charge < -0.3 is 15.8 Å². The van der Waals surface area contributed by atoms with Gasteiger partial charge in [0.05, 0.1) is 24.0 Å². The Labute approximate surface area is 124 Å². The smallest absolute Gasteiger partial charge is 0.259 e. The highest BCUT2D eigenvalue weighted by Gasteiger charge is 2.14. The van der Waals surface area contributed by atoms with E-state index >= 15 is 0 Å². The highest BCUT2D eigenvalue weighted by Crippen LogP contribution is 2.25. The zero-order valence-corrected chi connectivity index (χ0v) is 11.9. The van der Waals surface area contributed by atoms with E-state index in [1.807, 2.05) is 0 Å². The first-order valence-electron chi connectivity index (χ1n) is 5.45. The van der Waals surface area contributed by atoms with E-state index in [-0.39, 0.29) is 15.9 Å². The second-order valence-electron chi connectivity index (χ2n) is 3.78. The van der Waals surface area contributed by atoms with Crippen molar-refractivity contribution in [1.29, 1.82) is 0 Å². The summed E-state index contributed by atoms with van der Waals surface area (Å²) >= 11 is 11.5. The number of halogens is 2. The van der Waals surface area contributed by atoms with E-state index < -0.39 is 5.91 Å². The molecule has 0 saturated carbocycles. The first kappa shape index (κ1) is 14.4. The third-order valence-electron chi connectivity index (χ3n) is 2.47. The van der Waals surface area contributed by atoms with Crippen LogP contribution in [-0.2, 0) is 0 Å². The highest BCUT2D eigenvalue weighted by molar-refractivity contribution is 6.34. The van der Waals surface area contributed by atoms with E-state index in [4.69, 9.17) is 33.7 Å². The highest BCUT2D eigenvalue weighted by atomic mass is 35.5. The first-order valence-corrected chi connectivity index (χ1v) is 6.20. The Morgan fingerprint density at radius 3 is 2.70 bits per heavy atom. The fraction of sp³-hybridized carbons (Fsp3) is 0.0833. The summed E-state index contributed by atoms with van der Waals surface area (Å²) in [6, 6.07) is 6.21. The summed E-state index contributed by atoms with van der Waals surface area (Å²) in [6.07, 6.45) is 0. The molecule has 0 spiro atoms. The van der Waals surface area contributed by atoms with E-state index in [1.54, 1.807) is 18.2 Å². The minimum absolute atomic E-state index is 0.0426. The molecule has 1 aromatic carbocycles. The molecule has 0 saturated heterocycles. The Bertz CT molecular complexity index is 664. The van der Waals surface area contributed by atoms with Gasteiger partial charge in [0.1, 0.15) is 5.75 Å². The van der Waals surface area contributed by atoms with Crippen molar-refractivity contribution >= 4 is 40.5 Å². The van der Waals surface area contributed by atoms with Gasteiger partial charge in [-0.2, -0.15) is 0 Å². The molecule has 2 aromatic rings. The standard InChI is InChI=1S/C12H10Cl2N4O2/c1-20-6-2-3-9(8(15)4-6)16-12(19)7-5-10(13)17-18-11(7)14/h2-5H,15H2,1H3,(H,16,19). The number of carbonyl (C=O) groups is 1. The van der Waals surface area contributed by atoms with Gasteiger partial charge >= 0.3 is 0 Å². The normalized spacial score (nSPS) is 10.2. The zero-order valence-electron chi connectivity index (χ0n) is 10.4. The molecule has 0 bridgehead atoms. The second-order valence-corrected chi connectivity index (χ2v) is 4.52. The van der Waals surface area contributed by atoms with Crippen LogP contribution in [0.2, 0.25) is 10.3 Å². The topological polar surface area (TPSA) is 90.1 Å². The number of carbonyl (C=O) groups excluding carboxylic acids is 1. The molecule has 0 atom stereocenters. The van der Waals surface area contributed by atoms with Crippen molar-refractivity contribution in [1.82, 2.24) is 10.2 Å². The molecule has 1 heterocycles. The number of hydrogen-bond donors (Lipinski definition) is 2. The van der Waals surface area contributed by atoms with Crippen molar-refractivity contribution in [3.05, 3.63) is 40.1 Å². The van der Waals surface area contributed by atoms with Crippen LogP contribution in [0, 0.1) is 0 Å². The lowest BCUT2D eigenvalue weighted by Crippen LogP contribution is -2.14. The number of benzene rings is 1. The molecule has 0 aliphatic rings. The molecule has 0 aliphatic carbocycles. The number of ether oxygens (including phenoxy) is 1. The van der Waals surface area contributed by atoms with Crippen LogP contribution in [0.1, 0.15) is 10.4 Å². The molecule has 0 radical (unpaired) electrons. The number of aromatic nitrogens is 2. The van der Waals surface area contributed by atoms with Gasteiger partial charge in [0.25, 0.3) is 5.91 Å². The minimum atomic E-state index is -0.483. The van der Waals surface area contributed by atoms with Gasteiger partial charge in [-0.3, -0.25) is 4.79 Å². The Hall–Kier alpha value is -2.05. The Balaban J connectivity index is 2.25. The van der Waals surface area contributed by atoms with E-state index in [0.717, 1.165) is 0 Å². The molecule has 0 aliphatic heterocycles. The minimum Gasteiger partial charge on any atom is -0.497 e. The molecular weight excluding hydrogens is 303 g/mol. The number of amides is 1. The molecule has 2 rings (SSSR count). The lowest BCUT2D eigenvalue weighted by Gasteiger charge is -2.10. The van der Waals surface area contributed by atoms with E-state index in [9.17, 15) is 4.79 Å². The summed E-state index contributed by atoms with van der Waals surface area (Å²) < 4.78 is 5.02. The van der Waals surface area contributed by atoms with Crippen LogP contribution in [0.4, 0.5) is 11.4 Å². The second kappa shape index (κ2) is 5.94. The number of hydrogen-bond acceptors (Lipinski definition) is 5. The molecule has 3 N–H and O–H groups in total. The number of nitrogens with one attached hydrogen (secondary N) is 1. The summed E-state index contributed by atoms with van der Waals surface area (Å²) in [5.74, 6) is 0.107. The largest absolute Gasteiger partial charge is 0.497 e. The predicted octanol–water partition coefficient (Wildman–Crippen LogP) is 2.63. The van der Waals surface area contributed by atoms with Crippen molar-refractivity contribution in [2.75, 3.05) is 18.2 Å². The Morgan fingerprint density at radius 1 is 1.30 bits per heavy atom. The molecule has 0 unspecified atom stereocenters. The van der Waals surface area contributed by atoms with Crippen molar-refractivity contribution in [3.8, 4) is 5.75 Å². The maximum absolute atomic E-state index is 12.1. The van der Waals surface area contributed by atoms with Gasteiger partial charge in [0, 0.05) is 6.07 Å². The number of rotatable bonds is 3. The van der Waals surface area contributed by atoms with Crippen LogP contribution in [0.15, 0.2) is 24.3 Å². The monoisotopic (exact) mass is 312 g/mol. The lowest BCUT2D eigenvalue weighted by atomic mass is 10.2. The van der Waals surface area contributed by atoms with Crippen LogP contribution in [0.3, 0.4) is 0 Å². The van der Waals surface area contributed by atoms with Crippen LogP contribution in [-0.4, -0.2) is 23.2 Å². The third-order valence-corrected chi connectivity index (χ3v) is 2.93. The SMILES string of the molecule is COc1ccc(NC(=O)c2cc(Cl)nnc2Cl)c(N)c1. The average Bonchev–Trinajstić information content (AvgIpc) is 2.43. The fourth-order valence-corrected chi connectivity index (χ4v) is 1.81. The van der Waals surface area contributed by atoms with Crippen LogP contribution in [0.5, 0.6) is 5.75 Å². The first-order chi connectivity index (χ1) is 9.51. The number of nitrogens with two attached hydrogens (primary N) is 1. The third kappa shape index (κ3) is 3.09. The number of anilines is 2. The van der Waals surface area contributed by atoms with Gasteiger partial charge in [-0.25, -0.2) is 0 Å². The van der Waals surface area contributed by atoms with Gasteiger partial charge in [-0.05, 0) is 18.2 Å². The zero-order chi connectivity index (χ0) is 14.7.